The normalized spacial score (nSPS) is 12.4. The highest BCUT2D eigenvalue weighted by molar-refractivity contribution is 7.90. The molecule has 0 unspecified atom stereocenters. The molecule has 0 spiro atoms. The summed E-state index contributed by atoms with van der Waals surface area (Å²) in [7, 11) is 0.644. The summed E-state index contributed by atoms with van der Waals surface area (Å²) in [6.45, 7) is 6.77. The number of aliphatic imine (C=N–C) groups is 1. The van der Waals surface area contributed by atoms with Gasteiger partial charge >= 0.3 is 0 Å². The second kappa shape index (κ2) is 11.9. The predicted octanol–water partition coefficient (Wildman–Crippen LogP) is 1.11. The zero-order valence-corrected chi connectivity index (χ0v) is 17.1. The molecule has 0 heterocycles. The van der Waals surface area contributed by atoms with E-state index in [0.29, 0.717) is 11.4 Å². The first kappa shape index (κ1) is 22.4. The molecule has 0 amide bonds. The molecule has 1 rings (SSSR count). The summed E-state index contributed by atoms with van der Waals surface area (Å²) in [4.78, 5) is 7.13. The van der Waals surface area contributed by atoms with Gasteiger partial charge < -0.3 is 20.3 Å². The fourth-order valence-electron chi connectivity index (χ4n) is 2.31. The SMILES string of the molecule is CCNC(=NCc1ccc(S(C)(=O)=O)cc1)NCCN(C)CCCOC. The number of ether oxygens (including phenoxy) is 1. The summed E-state index contributed by atoms with van der Waals surface area (Å²) in [5.74, 6) is 0.755. The van der Waals surface area contributed by atoms with E-state index >= 15 is 0 Å². The first-order chi connectivity index (χ1) is 12.4. The van der Waals surface area contributed by atoms with E-state index in [1.165, 1.54) is 6.26 Å². The number of guanidine groups is 1. The van der Waals surface area contributed by atoms with Crippen molar-refractivity contribution < 1.29 is 13.2 Å². The van der Waals surface area contributed by atoms with Crippen LogP contribution in [0, 0.1) is 0 Å². The zero-order valence-electron chi connectivity index (χ0n) is 16.3. The van der Waals surface area contributed by atoms with Gasteiger partial charge in [-0.25, -0.2) is 13.4 Å². The maximum absolute atomic E-state index is 11.5. The van der Waals surface area contributed by atoms with Gasteiger partial charge in [0.15, 0.2) is 15.8 Å². The van der Waals surface area contributed by atoms with Gasteiger partial charge in [0.2, 0.25) is 0 Å². The summed E-state index contributed by atoms with van der Waals surface area (Å²) in [6.07, 6.45) is 2.23. The third-order valence-electron chi connectivity index (χ3n) is 3.79. The number of nitrogens with zero attached hydrogens (tertiary/aromatic N) is 2. The lowest BCUT2D eigenvalue weighted by molar-refractivity contribution is 0.180. The third kappa shape index (κ3) is 9.17. The zero-order chi connectivity index (χ0) is 19.4. The van der Waals surface area contributed by atoms with Crippen LogP contribution in [0.25, 0.3) is 0 Å². The van der Waals surface area contributed by atoms with Crippen LogP contribution < -0.4 is 10.6 Å². The Kier molecular flexibility index (Phi) is 10.2. The molecule has 1 aromatic rings. The second-order valence-electron chi connectivity index (χ2n) is 6.19. The number of methoxy groups -OCH3 is 1. The van der Waals surface area contributed by atoms with Crippen LogP contribution in [0.3, 0.4) is 0 Å². The number of hydrogen-bond acceptors (Lipinski definition) is 5. The van der Waals surface area contributed by atoms with Crippen molar-refractivity contribution in [2.45, 2.75) is 24.8 Å². The number of rotatable bonds is 11. The van der Waals surface area contributed by atoms with E-state index in [0.717, 1.165) is 50.7 Å². The molecule has 0 saturated carbocycles. The Morgan fingerprint density at radius 1 is 1.19 bits per heavy atom. The van der Waals surface area contributed by atoms with Crippen LogP contribution in [0.5, 0.6) is 0 Å². The van der Waals surface area contributed by atoms with E-state index in [1.54, 1.807) is 31.4 Å². The lowest BCUT2D eigenvalue weighted by Crippen LogP contribution is -2.41. The molecule has 0 fully saturated rings. The molecule has 0 bridgehead atoms. The number of benzene rings is 1. The fourth-order valence-corrected chi connectivity index (χ4v) is 2.94. The van der Waals surface area contributed by atoms with Crippen molar-refractivity contribution >= 4 is 15.8 Å². The average molecular weight is 385 g/mol. The van der Waals surface area contributed by atoms with Gasteiger partial charge in [-0.2, -0.15) is 0 Å². The highest BCUT2D eigenvalue weighted by Crippen LogP contribution is 2.10. The van der Waals surface area contributed by atoms with Gasteiger partial charge in [-0.15, -0.1) is 0 Å². The Morgan fingerprint density at radius 3 is 2.46 bits per heavy atom. The number of sulfone groups is 1. The molecule has 0 radical (unpaired) electrons. The fraction of sp³-hybridized carbons (Fsp3) is 0.611. The highest BCUT2D eigenvalue weighted by Gasteiger charge is 2.06. The maximum Gasteiger partial charge on any atom is 0.191 e. The summed E-state index contributed by atoms with van der Waals surface area (Å²) in [5.41, 5.74) is 0.964. The van der Waals surface area contributed by atoms with E-state index in [4.69, 9.17) is 4.74 Å². The van der Waals surface area contributed by atoms with Gasteiger partial charge in [-0.1, -0.05) is 12.1 Å². The molecule has 1 aromatic carbocycles. The lowest BCUT2D eigenvalue weighted by Gasteiger charge is -2.18. The van der Waals surface area contributed by atoms with Gasteiger partial charge in [0, 0.05) is 46.2 Å². The Balaban J connectivity index is 2.50. The topological polar surface area (TPSA) is 83.0 Å². The molecule has 8 heteroatoms. The molecular weight excluding hydrogens is 352 g/mol. The first-order valence-electron chi connectivity index (χ1n) is 8.85. The molecule has 0 aliphatic rings. The van der Waals surface area contributed by atoms with Gasteiger partial charge in [0.05, 0.1) is 11.4 Å². The quantitative estimate of drug-likeness (QED) is 0.338. The van der Waals surface area contributed by atoms with E-state index in [-0.39, 0.29) is 0 Å². The molecule has 148 valence electrons. The van der Waals surface area contributed by atoms with Crippen molar-refractivity contribution in [1.29, 1.82) is 0 Å². The Bertz CT molecular complexity index is 645. The summed E-state index contributed by atoms with van der Waals surface area (Å²) >= 11 is 0. The molecule has 0 aliphatic carbocycles. The van der Waals surface area contributed by atoms with Crippen LogP contribution in [0.4, 0.5) is 0 Å². The van der Waals surface area contributed by atoms with Gasteiger partial charge in [-0.05, 0) is 38.1 Å². The maximum atomic E-state index is 11.5. The molecule has 0 aliphatic heterocycles. The van der Waals surface area contributed by atoms with Crippen molar-refractivity contribution in [3.8, 4) is 0 Å². The first-order valence-corrected chi connectivity index (χ1v) is 10.7. The molecule has 2 N–H and O–H groups in total. The van der Waals surface area contributed by atoms with Crippen LogP contribution in [-0.4, -0.2) is 72.5 Å². The number of nitrogens with one attached hydrogen (secondary N) is 2. The second-order valence-corrected chi connectivity index (χ2v) is 8.20. The predicted molar refractivity (Wildman–Crippen MR) is 106 cm³/mol. The molecule has 0 atom stereocenters. The molecular formula is C18H32N4O3S. The molecule has 7 nitrogen and oxygen atoms in total. The smallest absolute Gasteiger partial charge is 0.191 e. The monoisotopic (exact) mass is 384 g/mol. The van der Waals surface area contributed by atoms with Crippen LogP contribution in [0.2, 0.25) is 0 Å². The van der Waals surface area contributed by atoms with Crippen LogP contribution in [0.1, 0.15) is 18.9 Å². The minimum atomic E-state index is -3.16. The lowest BCUT2D eigenvalue weighted by atomic mass is 10.2. The van der Waals surface area contributed by atoms with E-state index in [1.807, 2.05) is 6.92 Å². The van der Waals surface area contributed by atoms with Crippen molar-refractivity contribution in [3.63, 3.8) is 0 Å². The van der Waals surface area contributed by atoms with Crippen LogP contribution in [0.15, 0.2) is 34.2 Å². The van der Waals surface area contributed by atoms with E-state index < -0.39 is 9.84 Å². The number of hydrogen-bond donors (Lipinski definition) is 2. The van der Waals surface area contributed by atoms with Crippen molar-refractivity contribution in [3.05, 3.63) is 29.8 Å². The van der Waals surface area contributed by atoms with E-state index in [2.05, 4.69) is 27.6 Å². The minimum Gasteiger partial charge on any atom is -0.385 e. The molecule has 26 heavy (non-hydrogen) atoms. The highest BCUT2D eigenvalue weighted by atomic mass is 32.2. The minimum absolute atomic E-state index is 0.326. The van der Waals surface area contributed by atoms with Crippen molar-refractivity contribution in [2.75, 3.05) is 53.2 Å². The van der Waals surface area contributed by atoms with Gasteiger partial charge in [0.25, 0.3) is 0 Å². The van der Waals surface area contributed by atoms with Crippen molar-refractivity contribution in [1.82, 2.24) is 15.5 Å². The molecule has 0 saturated heterocycles. The van der Waals surface area contributed by atoms with E-state index in [9.17, 15) is 8.42 Å². The van der Waals surface area contributed by atoms with Gasteiger partial charge in [-0.3, -0.25) is 0 Å². The number of likely N-dealkylation sites (N-methyl/N-ethyl adjacent to an activating group) is 1. The summed E-state index contributed by atoms with van der Waals surface area (Å²) < 4.78 is 28.0. The Hall–Kier alpha value is -1.64. The summed E-state index contributed by atoms with van der Waals surface area (Å²) in [6, 6.07) is 6.84. The molecule has 0 aromatic heterocycles. The standard InChI is InChI=1S/C18H32N4O3S/c1-5-19-18(20-11-13-22(2)12-6-14-25-3)21-15-16-7-9-17(10-8-16)26(4,23)24/h7-10H,5-6,11-15H2,1-4H3,(H2,19,20,21). The van der Waals surface area contributed by atoms with Crippen LogP contribution in [-0.2, 0) is 21.1 Å². The summed E-state index contributed by atoms with van der Waals surface area (Å²) in [5, 5.41) is 6.54. The Labute approximate surface area is 157 Å². The largest absolute Gasteiger partial charge is 0.385 e. The third-order valence-corrected chi connectivity index (χ3v) is 4.92. The Morgan fingerprint density at radius 2 is 1.88 bits per heavy atom. The van der Waals surface area contributed by atoms with Gasteiger partial charge in [0.1, 0.15) is 0 Å². The van der Waals surface area contributed by atoms with Crippen LogP contribution >= 0.6 is 0 Å². The van der Waals surface area contributed by atoms with Crippen molar-refractivity contribution in [2.24, 2.45) is 4.99 Å². The average Bonchev–Trinajstić information content (AvgIpc) is 2.59.